The van der Waals surface area contributed by atoms with Gasteiger partial charge in [0, 0.05) is 31.7 Å². The zero-order valence-electron chi connectivity index (χ0n) is 17.3. The topological polar surface area (TPSA) is 49.9 Å². The molecule has 29 heavy (non-hydrogen) atoms. The summed E-state index contributed by atoms with van der Waals surface area (Å²) in [6, 6.07) is 19.9. The van der Waals surface area contributed by atoms with Crippen molar-refractivity contribution in [3.8, 4) is 0 Å². The molecule has 2 aromatic rings. The normalized spacial score (nSPS) is 16.2. The molecule has 0 N–H and O–H groups in total. The van der Waals surface area contributed by atoms with Crippen molar-refractivity contribution >= 4 is 17.6 Å². The Kier molecular flexibility index (Phi) is 7.04. The Labute approximate surface area is 173 Å². The number of amides is 1. The second-order valence-corrected chi connectivity index (χ2v) is 7.52. The van der Waals surface area contributed by atoms with Crippen molar-refractivity contribution in [2.45, 2.75) is 38.1 Å². The fraction of sp³-hybridized carbons (Fsp3) is 0.417. The highest BCUT2D eigenvalue weighted by Crippen LogP contribution is 2.35. The molecule has 0 aliphatic carbocycles. The van der Waals surface area contributed by atoms with Gasteiger partial charge in [0.2, 0.25) is 5.91 Å². The number of ether oxygens (including phenoxy) is 1. The Morgan fingerprint density at radius 2 is 1.59 bits per heavy atom. The molecule has 0 radical (unpaired) electrons. The van der Waals surface area contributed by atoms with Crippen LogP contribution in [0.2, 0.25) is 0 Å². The van der Waals surface area contributed by atoms with Crippen molar-refractivity contribution in [2.75, 3.05) is 31.6 Å². The van der Waals surface area contributed by atoms with Crippen molar-refractivity contribution < 1.29 is 14.3 Å². The number of nitrogens with zero attached hydrogens (tertiary/aromatic N) is 2. The van der Waals surface area contributed by atoms with Crippen LogP contribution in [-0.4, -0.2) is 49.1 Å². The molecule has 154 valence electrons. The van der Waals surface area contributed by atoms with Gasteiger partial charge in [0.05, 0.1) is 7.11 Å². The highest BCUT2D eigenvalue weighted by atomic mass is 16.5. The number of likely N-dealkylation sites (tertiary alicyclic amines) is 1. The molecule has 5 nitrogen and oxygen atoms in total. The van der Waals surface area contributed by atoms with Gasteiger partial charge in [-0.2, -0.15) is 0 Å². The van der Waals surface area contributed by atoms with Crippen LogP contribution in [0.4, 0.5) is 5.69 Å². The van der Waals surface area contributed by atoms with Crippen LogP contribution in [0.5, 0.6) is 0 Å². The lowest BCUT2D eigenvalue weighted by Gasteiger charge is -2.46. The largest absolute Gasteiger partial charge is 0.467 e. The predicted molar refractivity (Wildman–Crippen MR) is 115 cm³/mol. The molecule has 1 aliphatic heterocycles. The molecule has 0 saturated carbocycles. The van der Waals surface area contributed by atoms with E-state index >= 15 is 0 Å². The number of piperidine rings is 1. The highest BCUT2D eigenvalue weighted by Gasteiger charge is 2.49. The van der Waals surface area contributed by atoms with Gasteiger partial charge >= 0.3 is 5.97 Å². The van der Waals surface area contributed by atoms with Gasteiger partial charge in [-0.3, -0.25) is 9.69 Å². The van der Waals surface area contributed by atoms with Gasteiger partial charge in [-0.25, -0.2) is 4.79 Å². The Hall–Kier alpha value is -2.66. The quantitative estimate of drug-likeness (QED) is 0.674. The average molecular weight is 394 g/mol. The first kappa shape index (κ1) is 21.1. The summed E-state index contributed by atoms with van der Waals surface area (Å²) in [5.41, 5.74) is 1.11. The van der Waals surface area contributed by atoms with E-state index in [9.17, 15) is 9.59 Å². The molecule has 1 amide bonds. The number of para-hydroxylation sites is 1. The lowest BCUT2D eigenvalue weighted by Crippen LogP contribution is -2.62. The lowest BCUT2D eigenvalue weighted by molar-refractivity contribution is -0.151. The summed E-state index contributed by atoms with van der Waals surface area (Å²) in [4.78, 5) is 30.0. The van der Waals surface area contributed by atoms with E-state index in [2.05, 4.69) is 29.2 Å². The van der Waals surface area contributed by atoms with Gasteiger partial charge in [-0.1, -0.05) is 55.5 Å². The summed E-state index contributed by atoms with van der Waals surface area (Å²) in [5, 5.41) is 0. The molecule has 1 aliphatic rings. The van der Waals surface area contributed by atoms with Crippen LogP contribution in [0.3, 0.4) is 0 Å². The first-order valence-corrected chi connectivity index (χ1v) is 10.3. The molecule has 1 saturated heterocycles. The summed E-state index contributed by atoms with van der Waals surface area (Å²) in [7, 11) is 1.41. The zero-order valence-corrected chi connectivity index (χ0v) is 17.3. The van der Waals surface area contributed by atoms with Crippen molar-refractivity contribution in [1.82, 2.24) is 4.90 Å². The van der Waals surface area contributed by atoms with Gasteiger partial charge in [0.15, 0.2) is 0 Å². The van der Waals surface area contributed by atoms with Gasteiger partial charge in [-0.15, -0.1) is 0 Å². The molecule has 0 atom stereocenters. The van der Waals surface area contributed by atoms with E-state index in [1.165, 1.54) is 12.7 Å². The summed E-state index contributed by atoms with van der Waals surface area (Å²) < 4.78 is 5.20. The Bertz CT molecular complexity index is 799. The maximum Gasteiger partial charge on any atom is 0.332 e. The van der Waals surface area contributed by atoms with Crippen LogP contribution in [0, 0.1) is 0 Å². The summed E-state index contributed by atoms with van der Waals surface area (Å²) in [5.74, 6) is -0.384. The standard InChI is InChI=1S/C24H30N2O3/c1-3-22(27)26(21-12-8-5-9-13-21)24(23(28)29-2)15-18-25(19-16-24)17-14-20-10-6-4-7-11-20/h4-13H,3,14-19H2,1-2H3/i2-1. The predicted octanol–water partition coefficient (Wildman–Crippen LogP) is 3.68. The minimum absolute atomic E-state index is 0.0562. The monoisotopic (exact) mass is 393 g/mol. The van der Waals surface area contributed by atoms with E-state index in [-0.39, 0.29) is 11.9 Å². The summed E-state index contributed by atoms with van der Waals surface area (Å²) >= 11 is 0. The van der Waals surface area contributed by atoms with Crippen LogP contribution < -0.4 is 4.90 Å². The van der Waals surface area contributed by atoms with Crippen LogP contribution >= 0.6 is 0 Å². The van der Waals surface area contributed by atoms with Crippen LogP contribution in [-0.2, 0) is 20.7 Å². The third-order valence-corrected chi connectivity index (χ3v) is 5.80. The van der Waals surface area contributed by atoms with Gasteiger partial charge in [0.1, 0.15) is 5.54 Å². The second kappa shape index (κ2) is 9.70. The number of esters is 1. The lowest BCUT2D eigenvalue weighted by atomic mass is 9.84. The van der Waals surface area contributed by atoms with Gasteiger partial charge in [-0.05, 0) is 37.0 Å². The Morgan fingerprint density at radius 1 is 1.00 bits per heavy atom. The molecule has 5 heteroatoms. The number of anilines is 1. The molecule has 0 bridgehead atoms. The van der Waals surface area contributed by atoms with E-state index in [4.69, 9.17) is 4.74 Å². The third kappa shape index (κ3) is 4.67. The Balaban J connectivity index is 1.79. The smallest absolute Gasteiger partial charge is 0.332 e. The third-order valence-electron chi connectivity index (χ3n) is 5.80. The number of hydrogen-bond donors (Lipinski definition) is 0. The maximum atomic E-state index is 13.0. The molecule has 2 aromatic carbocycles. The average Bonchev–Trinajstić information content (AvgIpc) is 2.79. The molecule has 0 aromatic heterocycles. The van der Waals surface area contributed by atoms with Crippen molar-refractivity contribution in [1.29, 1.82) is 0 Å². The molecular weight excluding hydrogens is 363 g/mol. The van der Waals surface area contributed by atoms with E-state index in [0.717, 1.165) is 31.7 Å². The van der Waals surface area contributed by atoms with E-state index in [1.807, 2.05) is 43.3 Å². The van der Waals surface area contributed by atoms with E-state index in [0.29, 0.717) is 19.3 Å². The summed E-state index contributed by atoms with van der Waals surface area (Å²) in [6.45, 7) is 4.27. The SMILES string of the molecule is CCC(=O)N(c1ccccc1)C1(C(=O)O[11CH3])CCN(CCc2ccccc2)CC1. The first-order valence-electron chi connectivity index (χ1n) is 10.3. The molecule has 3 rings (SSSR count). The summed E-state index contributed by atoms with van der Waals surface area (Å²) in [6.07, 6.45) is 2.44. The van der Waals surface area contributed by atoms with Gasteiger partial charge in [0.25, 0.3) is 0 Å². The first-order chi connectivity index (χ1) is 14.1. The highest BCUT2D eigenvalue weighted by molar-refractivity contribution is 6.02. The number of methoxy groups -OCH3 is 1. The number of benzene rings is 2. The molecule has 1 fully saturated rings. The number of carbonyl (C=O) groups is 2. The van der Waals surface area contributed by atoms with E-state index < -0.39 is 5.54 Å². The molecular formula is C24H30N2O3. The van der Waals surface area contributed by atoms with Crippen LogP contribution in [0.15, 0.2) is 60.7 Å². The minimum atomic E-state index is -0.952. The van der Waals surface area contributed by atoms with Crippen molar-refractivity contribution in [2.24, 2.45) is 0 Å². The van der Waals surface area contributed by atoms with Crippen LogP contribution in [0.1, 0.15) is 31.7 Å². The number of carbonyl (C=O) groups excluding carboxylic acids is 2. The molecule has 0 spiro atoms. The minimum Gasteiger partial charge on any atom is -0.467 e. The van der Waals surface area contributed by atoms with E-state index in [1.54, 1.807) is 4.90 Å². The zero-order chi connectivity index (χ0) is 20.7. The number of hydrogen-bond acceptors (Lipinski definition) is 4. The van der Waals surface area contributed by atoms with Gasteiger partial charge < -0.3 is 9.64 Å². The fourth-order valence-electron chi connectivity index (χ4n) is 4.15. The maximum absolute atomic E-state index is 13.0. The van der Waals surface area contributed by atoms with Crippen LogP contribution in [0.25, 0.3) is 0 Å². The fourth-order valence-corrected chi connectivity index (χ4v) is 4.15. The molecule has 1 heterocycles. The number of rotatable bonds is 7. The van der Waals surface area contributed by atoms with Crippen molar-refractivity contribution in [3.05, 3.63) is 66.2 Å². The Morgan fingerprint density at radius 3 is 2.14 bits per heavy atom. The van der Waals surface area contributed by atoms with Crippen molar-refractivity contribution in [3.63, 3.8) is 0 Å². The second-order valence-electron chi connectivity index (χ2n) is 7.52. The molecule has 0 unspecified atom stereocenters.